The van der Waals surface area contributed by atoms with Crippen molar-refractivity contribution in [3.05, 3.63) is 58.1 Å². The van der Waals surface area contributed by atoms with Gasteiger partial charge in [0.2, 0.25) is 5.91 Å². The van der Waals surface area contributed by atoms with Gasteiger partial charge in [0.05, 0.1) is 11.4 Å². The van der Waals surface area contributed by atoms with E-state index in [1.54, 1.807) is 9.80 Å². The highest BCUT2D eigenvalue weighted by molar-refractivity contribution is 9.10. The van der Waals surface area contributed by atoms with Crippen molar-refractivity contribution in [3.63, 3.8) is 0 Å². The summed E-state index contributed by atoms with van der Waals surface area (Å²) in [5.41, 5.74) is 3.62. The second kappa shape index (κ2) is 7.11. The van der Waals surface area contributed by atoms with Crippen LogP contribution in [0.15, 0.2) is 46.9 Å². The van der Waals surface area contributed by atoms with Crippen molar-refractivity contribution in [1.82, 2.24) is 0 Å². The first-order valence-electron chi connectivity index (χ1n) is 8.74. The van der Waals surface area contributed by atoms with E-state index in [9.17, 15) is 9.59 Å². The predicted molar refractivity (Wildman–Crippen MR) is 103 cm³/mol. The summed E-state index contributed by atoms with van der Waals surface area (Å²) in [4.78, 5) is 28.4. The van der Waals surface area contributed by atoms with Gasteiger partial charge in [-0.3, -0.25) is 9.69 Å². The van der Waals surface area contributed by atoms with Crippen molar-refractivity contribution in [2.24, 2.45) is 0 Å². The minimum absolute atomic E-state index is 0.106. The van der Waals surface area contributed by atoms with Crippen LogP contribution in [0.25, 0.3) is 0 Å². The molecule has 0 spiro atoms. The minimum Gasteiger partial charge on any atom is -0.444 e. The Morgan fingerprint density at radius 3 is 2.65 bits per heavy atom. The third-order valence-electron chi connectivity index (χ3n) is 4.80. The van der Waals surface area contributed by atoms with Crippen LogP contribution in [0.3, 0.4) is 0 Å². The average molecular weight is 415 g/mol. The smallest absolute Gasteiger partial charge is 0.414 e. The van der Waals surface area contributed by atoms with Gasteiger partial charge in [0.1, 0.15) is 6.61 Å². The van der Waals surface area contributed by atoms with E-state index in [0.717, 1.165) is 39.8 Å². The fourth-order valence-corrected chi connectivity index (χ4v) is 4.07. The second-order valence-electron chi connectivity index (χ2n) is 6.52. The van der Waals surface area contributed by atoms with E-state index < -0.39 is 0 Å². The van der Waals surface area contributed by atoms with E-state index in [0.29, 0.717) is 19.5 Å². The number of carbonyl (C=O) groups excluding carboxylic acids is 2. The number of hydrogen-bond acceptors (Lipinski definition) is 3. The summed E-state index contributed by atoms with van der Waals surface area (Å²) in [5.74, 6) is 0.106. The number of carbonyl (C=O) groups is 2. The molecule has 0 unspecified atom stereocenters. The SMILES string of the molecule is O=C1CCCN1c1cc(Br)cc2c1N(C(=O)OCc1ccccc1)CC2. The number of fused-ring (bicyclic) bond motifs is 1. The molecule has 6 heteroatoms. The van der Waals surface area contributed by atoms with Crippen molar-refractivity contribution < 1.29 is 14.3 Å². The molecule has 0 radical (unpaired) electrons. The second-order valence-corrected chi connectivity index (χ2v) is 7.44. The lowest BCUT2D eigenvalue weighted by Crippen LogP contribution is -2.32. The van der Waals surface area contributed by atoms with Crippen LogP contribution in [0.4, 0.5) is 16.2 Å². The average Bonchev–Trinajstić information content (AvgIpc) is 3.26. The molecule has 1 saturated heterocycles. The molecule has 2 heterocycles. The highest BCUT2D eigenvalue weighted by Gasteiger charge is 2.33. The molecule has 26 heavy (non-hydrogen) atoms. The fourth-order valence-electron chi connectivity index (χ4n) is 3.57. The molecule has 2 aliphatic heterocycles. The van der Waals surface area contributed by atoms with Gasteiger partial charge in [-0.15, -0.1) is 0 Å². The van der Waals surface area contributed by atoms with E-state index in [1.807, 2.05) is 42.5 Å². The summed E-state index contributed by atoms with van der Waals surface area (Å²) in [7, 11) is 0. The van der Waals surface area contributed by atoms with Gasteiger partial charge in [-0.1, -0.05) is 46.3 Å². The van der Waals surface area contributed by atoms with E-state index in [2.05, 4.69) is 15.9 Å². The molecule has 0 bridgehead atoms. The first kappa shape index (κ1) is 17.1. The Kier molecular flexibility index (Phi) is 4.68. The summed E-state index contributed by atoms with van der Waals surface area (Å²) in [5, 5.41) is 0. The highest BCUT2D eigenvalue weighted by Crippen LogP contribution is 2.42. The summed E-state index contributed by atoms with van der Waals surface area (Å²) < 4.78 is 6.44. The Hall–Kier alpha value is -2.34. The number of ether oxygens (including phenoxy) is 1. The van der Waals surface area contributed by atoms with Crippen LogP contribution in [0.2, 0.25) is 0 Å². The first-order valence-corrected chi connectivity index (χ1v) is 9.54. The molecule has 134 valence electrons. The molecular weight excluding hydrogens is 396 g/mol. The van der Waals surface area contributed by atoms with Crippen LogP contribution >= 0.6 is 15.9 Å². The van der Waals surface area contributed by atoms with Gasteiger partial charge in [-0.25, -0.2) is 4.79 Å². The predicted octanol–water partition coefficient (Wildman–Crippen LogP) is 4.28. The fraction of sp³-hybridized carbons (Fsp3) is 0.300. The van der Waals surface area contributed by atoms with Crippen LogP contribution in [-0.2, 0) is 22.6 Å². The number of anilines is 2. The molecule has 5 nitrogen and oxygen atoms in total. The van der Waals surface area contributed by atoms with E-state index in [1.165, 1.54) is 0 Å². The molecule has 0 aromatic heterocycles. The number of amides is 2. The van der Waals surface area contributed by atoms with Crippen molar-refractivity contribution >= 4 is 39.3 Å². The van der Waals surface area contributed by atoms with Gasteiger partial charge in [-0.2, -0.15) is 0 Å². The lowest BCUT2D eigenvalue weighted by molar-refractivity contribution is -0.117. The van der Waals surface area contributed by atoms with E-state index in [4.69, 9.17) is 4.74 Å². The van der Waals surface area contributed by atoms with Crippen LogP contribution in [0.5, 0.6) is 0 Å². The Morgan fingerprint density at radius 1 is 1.12 bits per heavy atom. The summed E-state index contributed by atoms with van der Waals surface area (Å²) in [6, 6.07) is 13.6. The van der Waals surface area contributed by atoms with Gasteiger partial charge in [0, 0.05) is 24.0 Å². The van der Waals surface area contributed by atoms with Crippen LogP contribution in [0, 0.1) is 0 Å². The number of halogens is 1. The summed E-state index contributed by atoms with van der Waals surface area (Å²) >= 11 is 3.53. The van der Waals surface area contributed by atoms with Crippen LogP contribution in [-0.4, -0.2) is 25.1 Å². The number of benzene rings is 2. The molecule has 0 aliphatic carbocycles. The summed E-state index contributed by atoms with van der Waals surface area (Å²) in [6.07, 6.45) is 1.78. The lowest BCUT2D eigenvalue weighted by atomic mass is 10.1. The molecule has 2 aromatic carbocycles. The number of hydrogen-bond donors (Lipinski definition) is 0. The molecule has 0 N–H and O–H groups in total. The highest BCUT2D eigenvalue weighted by atomic mass is 79.9. The zero-order valence-electron chi connectivity index (χ0n) is 14.3. The zero-order valence-corrected chi connectivity index (χ0v) is 15.9. The topological polar surface area (TPSA) is 49.9 Å². The minimum atomic E-state index is -0.372. The van der Waals surface area contributed by atoms with Crippen LogP contribution in [0.1, 0.15) is 24.0 Å². The summed E-state index contributed by atoms with van der Waals surface area (Å²) in [6.45, 7) is 1.49. The van der Waals surface area contributed by atoms with Gasteiger partial charge >= 0.3 is 6.09 Å². The van der Waals surface area contributed by atoms with Crippen LogP contribution < -0.4 is 9.80 Å². The van der Waals surface area contributed by atoms with Gasteiger partial charge in [-0.05, 0) is 36.1 Å². The maximum absolute atomic E-state index is 12.7. The van der Waals surface area contributed by atoms with Crippen molar-refractivity contribution in [1.29, 1.82) is 0 Å². The van der Waals surface area contributed by atoms with Crippen molar-refractivity contribution in [3.8, 4) is 0 Å². The molecule has 2 amide bonds. The maximum atomic E-state index is 12.7. The standard InChI is InChI=1S/C20H19BrN2O3/c21-16-11-15-8-10-23(20(25)26-13-14-5-2-1-3-6-14)19(15)17(12-16)22-9-4-7-18(22)24/h1-3,5-6,11-12H,4,7-10,13H2. The number of nitrogens with zero attached hydrogens (tertiary/aromatic N) is 2. The molecule has 1 fully saturated rings. The molecule has 4 rings (SSSR count). The largest absolute Gasteiger partial charge is 0.444 e. The Labute approximate surface area is 160 Å². The Morgan fingerprint density at radius 2 is 1.92 bits per heavy atom. The first-order chi connectivity index (χ1) is 12.6. The van der Waals surface area contributed by atoms with Gasteiger partial charge in [0.15, 0.2) is 0 Å². The van der Waals surface area contributed by atoms with E-state index in [-0.39, 0.29) is 18.6 Å². The number of rotatable bonds is 3. The van der Waals surface area contributed by atoms with Crippen molar-refractivity contribution in [2.45, 2.75) is 25.9 Å². The Balaban J connectivity index is 1.60. The third kappa shape index (κ3) is 3.21. The monoisotopic (exact) mass is 414 g/mol. The van der Waals surface area contributed by atoms with E-state index >= 15 is 0 Å². The molecule has 0 atom stereocenters. The molecule has 0 saturated carbocycles. The quantitative estimate of drug-likeness (QED) is 0.752. The van der Waals surface area contributed by atoms with Gasteiger partial charge < -0.3 is 9.64 Å². The lowest BCUT2D eigenvalue weighted by Gasteiger charge is -2.25. The zero-order chi connectivity index (χ0) is 18.1. The normalized spacial score (nSPS) is 16.1. The molecule has 2 aliphatic rings. The Bertz CT molecular complexity index is 854. The van der Waals surface area contributed by atoms with Crippen molar-refractivity contribution in [2.75, 3.05) is 22.9 Å². The maximum Gasteiger partial charge on any atom is 0.414 e. The molecule has 2 aromatic rings. The van der Waals surface area contributed by atoms with Gasteiger partial charge in [0.25, 0.3) is 0 Å². The molecular formula is C20H19BrN2O3. The third-order valence-corrected chi connectivity index (χ3v) is 5.26.